The molecule has 0 aromatic heterocycles. The van der Waals surface area contributed by atoms with Crippen LogP contribution in [0.1, 0.15) is 57.8 Å². The van der Waals surface area contributed by atoms with E-state index < -0.39 is 5.50 Å². The summed E-state index contributed by atoms with van der Waals surface area (Å²) >= 11 is 6.28. The number of carbonyl (C=O) groups excluding carboxylic acids is 1. The first-order valence-corrected chi connectivity index (χ1v) is 10.7. The number of fused-ring (bicyclic) bond motifs is 1. The van der Waals surface area contributed by atoms with E-state index in [1.807, 2.05) is 29.2 Å². The zero-order chi connectivity index (χ0) is 17.9. The zero-order valence-electron chi connectivity index (χ0n) is 15.5. The number of hydrogen-bond donors (Lipinski definition) is 1. The van der Waals surface area contributed by atoms with Gasteiger partial charge in [-0.3, -0.25) is 4.79 Å². The molecular formula is C21H30ClN3O. The normalized spacial score (nSPS) is 26.7. The molecule has 1 aromatic carbocycles. The lowest BCUT2D eigenvalue weighted by Crippen LogP contribution is -2.54. The molecule has 26 heavy (non-hydrogen) atoms. The predicted octanol–water partition coefficient (Wildman–Crippen LogP) is 4.59. The number of piperidine rings is 1. The highest BCUT2D eigenvalue weighted by Gasteiger charge is 2.37. The molecule has 0 bridgehead atoms. The van der Waals surface area contributed by atoms with Gasteiger partial charge in [0, 0.05) is 25.2 Å². The van der Waals surface area contributed by atoms with E-state index in [0.717, 1.165) is 43.3 Å². The molecule has 1 aliphatic carbocycles. The molecule has 4 rings (SSSR count). The Morgan fingerprint density at radius 3 is 2.27 bits per heavy atom. The van der Waals surface area contributed by atoms with Gasteiger partial charge >= 0.3 is 0 Å². The lowest BCUT2D eigenvalue weighted by molar-refractivity contribution is -0.118. The fourth-order valence-corrected chi connectivity index (χ4v) is 5.15. The van der Waals surface area contributed by atoms with E-state index in [2.05, 4.69) is 10.2 Å². The third-order valence-electron chi connectivity index (χ3n) is 6.36. The van der Waals surface area contributed by atoms with Crippen LogP contribution in [0.2, 0.25) is 0 Å². The molecule has 1 saturated heterocycles. The van der Waals surface area contributed by atoms with Gasteiger partial charge < -0.3 is 15.1 Å². The third kappa shape index (κ3) is 3.72. The standard InChI is InChI=1S/C21H30ClN3O/c22-20-21(26)25(19-11-7-6-10-18(19)23-20)17-12-14-24(15-13-17)16-8-4-2-1-3-5-9-16/h6-7,10-11,16-17,20,23H,1-5,8-9,12-15H2. The first kappa shape index (κ1) is 18.1. The summed E-state index contributed by atoms with van der Waals surface area (Å²) in [4.78, 5) is 17.4. The van der Waals surface area contributed by atoms with Crippen molar-refractivity contribution in [1.82, 2.24) is 4.90 Å². The van der Waals surface area contributed by atoms with E-state index in [9.17, 15) is 4.79 Å². The van der Waals surface area contributed by atoms with Crippen molar-refractivity contribution in [3.8, 4) is 0 Å². The van der Waals surface area contributed by atoms with Crippen molar-refractivity contribution in [2.24, 2.45) is 0 Å². The van der Waals surface area contributed by atoms with Crippen molar-refractivity contribution >= 4 is 28.9 Å². The number of rotatable bonds is 2. The molecule has 142 valence electrons. The van der Waals surface area contributed by atoms with Crippen LogP contribution < -0.4 is 10.2 Å². The summed E-state index contributed by atoms with van der Waals surface area (Å²) in [5, 5.41) is 3.12. The smallest absolute Gasteiger partial charge is 0.265 e. The number of nitrogens with zero attached hydrogens (tertiary/aromatic N) is 2. The number of hydrogen-bond acceptors (Lipinski definition) is 3. The minimum atomic E-state index is -0.659. The lowest BCUT2D eigenvalue weighted by atomic mass is 9.92. The molecule has 1 saturated carbocycles. The second-order valence-corrected chi connectivity index (χ2v) is 8.43. The second-order valence-electron chi connectivity index (χ2n) is 8.00. The van der Waals surface area contributed by atoms with E-state index in [1.165, 1.54) is 44.9 Å². The highest BCUT2D eigenvalue weighted by molar-refractivity contribution is 6.35. The Labute approximate surface area is 161 Å². The van der Waals surface area contributed by atoms with Crippen molar-refractivity contribution < 1.29 is 4.79 Å². The van der Waals surface area contributed by atoms with E-state index in [0.29, 0.717) is 0 Å². The van der Waals surface area contributed by atoms with Crippen molar-refractivity contribution in [3.63, 3.8) is 0 Å². The van der Waals surface area contributed by atoms with Gasteiger partial charge in [0.1, 0.15) is 0 Å². The average molecular weight is 376 g/mol. The number of amides is 1. The Kier molecular flexibility index (Phi) is 5.70. The molecule has 2 heterocycles. The van der Waals surface area contributed by atoms with Gasteiger partial charge in [-0.05, 0) is 37.8 Å². The Balaban J connectivity index is 1.43. The Morgan fingerprint density at radius 1 is 0.885 bits per heavy atom. The highest BCUT2D eigenvalue weighted by Crippen LogP contribution is 2.36. The van der Waals surface area contributed by atoms with Crippen LogP contribution in [0.4, 0.5) is 11.4 Å². The second kappa shape index (κ2) is 8.18. The van der Waals surface area contributed by atoms with Crippen LogP contribution >= 0.6 is 11.6 Å². The van der Waals surface area contributed by atoms with E-state index in [4.69, 9.17) is 11.6 Å². The van der Waals surface area contributed by atoms with Gasteiger partial charge in [0.05, 0.1) is 11.4 Å². The van der Waals surface area contributed by atoms with Crippen LogP contribution in [0.15, 0.2) is 24.3 Å². The first-order chi connectivity index (χ1) is 12.7. The van der Waals surface area contributed by atoms with Gasteiger partial charge in [-0.2, -0.15) is 0 Å². The number of carbonyl (C=O) groups is 1. The van der Waals surface area contributed by atoms with E-state index in [1.54, 1.807) is 0 Å². The van der Waals surface area contributed by atoms with Gasteiger partial charge in [0.2, 0.25) is 0 Å². The Morgan fingerprint density at radius 2 is 1.54 bits per heavy atom. The van der Waals surface area contributed by atoms with Crippen LogP contribution in [0.25, 0.3) is 0 Å². The fourth-order valence-electron chi connectivity index (χ4n) is 4.93. The summed E-state index contributed by atoms with van der Waals surface area (Å²) in [6, 6.07) is 9.04. The van der Waals surface area contributed by atoms with Gasteiger partial charge in [0.25, 0.3) is 5.91 Å². The topological polar surface area (TPSA) is 35.6 Å². The van der Waals surface area contributed by atoms with Crippen LogP contribution in [0.3, 0.4) is 0 Å². The van der Waals surface area contributed by atoms with Crippen molar-refractivity contribution in [2.45, 2.75) is 75.4 Å². The molecule has 2 fully saturated rings. The van der Waals surface area contributed by atoms with E-state index >= 15 is 0 Å². The van der Waals surface area contributed by atoms with Crippen LogP contribution in [-0.2, 0) is 4.79 Å². The number of anilines is 2. The number of nitrogens with one attached hydrogen (secondary N) is 1. The summed E-state index contributed by atoms with van der Waals surface area (Å²) in [5.74, 6) is -0.00484. The van der Waals surface area contributed by atoms with Crippen molar-refractivity contribution in [3.05, 3.63) is 24.3 Å². The van der Waals surface area contributed by atoms with Gasteiger partial charge in [-0.15, -0.1) is 0 Å². The Hall–Kier alpha value is -1.26. The molecule has 1 unspecified atom stereocenters. The fraction of sp³-hybridized carbons (Fsp3) is 0.667. The molecule has 3 aliphatic rings. The van der Waals surface area contributed by atoms with Crippen molar-refractivity contribution in [2.75, 3.05) is 23.3 Å². The lowest BCUT2D eigenvalue weighted by Gasteiger charge is -2.44. The molecule has 5 heteroatoms. The molecular weight excluding hydrogens is 346 g/mol. The molecule has 0 radical (unpaired) electrons. The molecule has 1 atom stereocenters. The third-order valence-corrected chi connectivity index (χ3v) is 6.65. The molecule has 4 nitrogen and oxygen atoms in total. The molecule has 1 amide bonds. The van der Waals surface area contributed by atoms with Gasteiger partial charge in [-0.1, -0.05) is 55.8 Å². The number of halogens is 1. The number of alkyl halides is 1. The summed E-state index contributed by atoms with van der Waals surface area (Å²) in [6.07, 6.45) is 11.8. The van der Waals surface area contributed by atoms with Crippen LogP contribution in [0.5, 0.6) is 0 Å². The maximum Gasteiger partial charge on any atom is 0.265 e. The van der Waals surface area contributed by atoms with Crippen LogP contribution in [-0.4, -0.2) is 41.5 Å². The number of likely N-dealkylation sites (tertiary alicyclic amines) is 1. The monoisotopic (exact) mass is 375 g/mol. The summed E-state index contributed by atoms with van der Waals surface area (Å²) < 4.78 is 0. The summed E-state index contributed by atoms with van der Waals surface area (Å²) in [7, 11) is 0. The van der Waals surface area contributed by atoms with Crippen molar-refractivity contribution in [1.29, 1.82) is 0 Å². The molecule has 0 spiro atoms. The number of para-hydroxylation sites is 2. The summed E-state index contributed by atoms with van der Waals surface area (Å²) in [5.41, 5.74) is 1.29. The Bertz CT molecular complexity index is 621. The minimum absolute atomic E-state index is 0.00484. The summed E-state index contributed by atoms with van der Waals surface area (Å²) in [6.45, 7) is 2.20. The molecule has 1 aromatic rings. The van der Waals surface area contributed by atoms with Gasteiger partial charge in [-0.25, -0.2) is 0 Å². The maximum absolute atomic E-state index is 12.8. The van der Waals surface area contributed by atoms with Gasteiger partial charge in [0.15, 0.2) is 5.50 Å². The van der Waals surface area contributed by atoms with Crippen LogP contribution in [0, 0.1) is 0 Å². The first-order valence-electron chi connectivity index (χ1n) is 10.3. The minimum Gasteiger partial charge on any atom is -0.360 e. The maximum atomic E-state index is 12.8. The zero-order valence-corrected chi connectivity index (χ0v) is 16.3. The predicted molar refractivity (Wildman–Crippen MR) is 108 cm³/mol. The largest absolute Gasteiger partial charge is 0.360 e. The average Bonchev–Trinajstić information content (AvgIpc) is 2.63. The molecule has 2 aliphatic heterocycles. The SMILES string of the molecule is O=C1C(Cl)Nc2ccccc2N1C1CCN(C2CCCCCCC2)CC1. The van der Waals surface area contributed by atoms with E-state index in [-0.39, 0.29) is 11.9 Å². The number of benzene rings is 1. The quantitative estimate of drug-likeness (QED) is 0.606. The highest BCUT2D eigenvalue weighted by atomic mass is 35.5. The molecule has 1 N–H and O–H groups in total.